The molecule has 0 saturated heterocycles. The second-order valence-corrected chi connectivity index (χ2v) is 5.23. The highest BCUT2D eigenvalue weighted by Gasteiger charge is 2.02. The highest BCUT2D eigenvalue weighted by atomic mass is 32.2. The van der Waals surface area contributed by atoms with Gasteiger partial charge in [-0.15, -0.1) is 0 Å². The Labute approximate surface area is 102 Å². The Morgan fingerprint density at radius 1 is 1.50 bits per heavy atom. The van der Waals surface area contributed by atoms with Crippen LogP contribution in [0.25, 0.3) is 0 Å². The third-order valence-electron chi connectivity index (χ3n) is 1.96. The molecule has 0 aromatic carbocycles. The quantitative estimate of drug-likeness (QED) is 0.843. The summed E-state index contributed by atoms with van der Waals surface area (Å²) in [5.41, 5.74) is 7.68. The van der Waals surface area contributed by atoms with Crippen LogP contribution in [-0.4, -0.2) is 14.3 Å². The van der Waals surface area contributed by atoms with E-state index < -0.39 is 0 Å². The molecule has 0 spiro atoms. The van der Waals surface area contributed by atoms with Crippen LogP contribution >= 0.6 is 23.3 Å². The van der Waals surface area contributed by atoms with Crippen LogP contribution in [0.3, 0.4) is 0 Å². The normalized spacial score (nSPS) is 10.6. The number of thioether (sulfide) groups is 1. The second kappa shape index (κ2) is 5.38. The first-order valence-electron chi connectivity index (χ1n) is 4.85. The number of nitrogens with two attached hydrogens (primary N) is 1. The van der Waals surface area contributed by atoms with Gasteiger partial charge in [0.2, 0.25) is 0 Å². The summed E-state index contributed by atoms with van der Waals surface area (Å²) in [6, 6.07) is 4.03. The molecule has 84 valence electrons. The molecule has 0 aliphatic heterocycles. The summed E-state index contributed by atoms with van der Waals surface area (Å²) in [6.45, 7) is 2.38. The smallest absolute Gasteiger partial charge is 0.170 e. The monoisotopic (exact) mass is 252 g/mol. The maximum absolute atomic E-state index is 5.54. The van der Waals surface area contributed by atoms with E-state index in [0.29, 0.717) is 6.54 Å². The minimum atomic E-state index is 0.483. The van der Waals surface area contributed by atoms with Crippen molar-refractivity contribution >= 4 is 23.3 Å². The topological polar surface area (TPSA) is 64.7 Å². The maximum atomic E-state index is 5.54. The van der Waals surface area contributed by atoms with Crippen LogP contribution in [0.1, 0.15) is 17.1 Å². The van der Waals surface area contributed by atoms with Gasteiger partial charge in [0.05, 0.1) is 5.69 Å². The highest BCUT2D eigenvalue weighted by Crippen LogP contribution is 2.24. The van der Waals surface area contributed by atoms with Crippen LogP contribution in [0, 0.1) is 6.92 Å². The molecule has 0 aliphatic carbocycles. The molecule has 2 rings (SSSR count). The molecule has 0 saturated carbocycles. The molecule has 2 aromatic heterocycles. The third-order valence-corrected chi connectivity index (χ3v) is 3.96. The molecule has 4 nitrogen and oxygen atoms in total. The summed E-state index contributed by atoms with van der Waals surface area (Å²) in [7, 11) is 0. The number of hydrogen-bond donors (Lipinski definition) is 1. The average Bonchev–Trinajstić information content (AvgIpc) is 2.73. The molecule has 0 fully saturated rings. The van der Waals surface area contributed by atoms with E-state index in [0.717, 1.165) is 21.6 Å². The number of aryl methyl sites for hydroxylation is 1. The molecule has 16 heavy (non-hydrogen) atoms. The molecular weight excluding hydrogens is 240 g/mol. The van der Waals surface area contributed by atoms with Crippen molar-refractivity contribution in [3.05, 3.63) is 35.4 Å². The average molecular weight is 252 g/mol. The molecule has 2 aromatic rings. The van der Waals surface area contributed by atoms with E-state index in [1.807, 2.05) is 19.1 Å². The Morgan fingerprint density at radius 2 is 2.38 bits per heavy atom. The van der Waals surface area contributed by atoms with Crippen molar-refractivity contribution in [2.24, 2.45) is 5.73 Å². The Kier molecular flexibility index (Phi) is 3.87. The van der Waals surface area contributed by atoms with Crippen LogP contribution < -0.4 is 5.73 Å². The fraction of sp³-hybridized carbons (Fsp3) is 0.300. The number of hydrogen-bond acceptors (Lipinski definition) is 6. The SMILES string of the molecule is Cc1nsc(SCc2ccnc(CN)c2)n1. The van der Waals surface area contributed by atoms with Gasteiger partial charge in [0.15, 0.2) is 4.34 Å². The molecule has 0 bridgehead atoms. The summed E-state index contributed by atoms with van der Waals surface area (Å²) in [6.07, 6.45) is 1.80. The van der Waals surface area contributed by atoms with E-state index in [4.69, 9.17) is 5.73 Å². The molecule has 2 N–H and O–H groups in total. The van der Waals surface area contributed by atoms with Crippen molar-refractivity contribution in [3.8, 4) is 0 Å². The lowest BCUT2D eigenvalue weighted by molar-refractivity contribution is 0.983. The number of pyridine rings is 1. The van der Waals surface area contributed by atoms with E-state index in [-0.39, 0.29) is 0 Å². The predicted molar refractivity (Wildman–Crippen MR) is 66.3 cm³/mol. The van der Waals surface area contributed by atoms with Gasteiger partial charge in [0.1, 0.15) is 5.82 Å². The van der Waals surface area contributed by atoms with Gasteiger partial charge in [-0.05, 0) is 36.2 Å². The molecule has 0 unspecified atom stereocenters. The van der Waals surface area contributed by atoms with Crippen LogP contribution in [0.15, 0.2) is 22.7 Å². The van der Waals surface area contributed by atoms with Crippen molar-refractivity contribution in [1.82, 2.24) is 14.3 Å². The van der Waals surface area contributed by atoms with Gasteiger partial charge in [0, 0.05) is 18.5 Å². The maximum Gasteiger partial charge on any atom is 0.170 e. The summed E-state index contributed by atoms with van der Waals surface area (Å²) in [5.74, 6) is 1.72. The van der Waals surface area contributed by atoms with E-state index in [9.17, 15) is 0 Å². The van der Waals surface area contributed by atoms with Crippen molar-refractivity contribution in [2.75, 3.05) is 0 Å². The zero-order valence-electron chi connectivity index (χ0n) is 8.88. The van der Waals surface area contributed by atoms with Gasteiger partial charge in [-0.1, -0.05) is 11.8 Å². The first-order chi connectivity index (χ1) is 7.78. The lowest BCUT2D eigenvalue weighted by Gasteiger charge is -2.00. The van der Waals surface area contributed by atoms with Gasteiger partial charge < -0.3 is 5.73 Å². The minimum absolute atomic E-state index is 0.483. The van der Waals surface area contributed by atoms with E-state index in [1.165, 1.54) is 17.1 Å². The van der Waals surface area contributed by atoms with E-state index in [2.05, 4.69) is 14.3 Å². The zero-order valence-corrected chi connectivity index (χ0v) is 10.5. The number of nitrogens with zero attached hydrogens (tertiary/aromatic N) is 3. The molecule has 0 atom stereocenters. The Bertz CT molecular complexity index is 469. The van der Waals surface area contributed by atoms with Gasteiger partial charge in [-0.2, -0.15) is 4.37 Å². The van der Waals surface area contributed by atoms with Crippen LogP contribution in [0.5, 0.6) is 0 Å². The third kappa shape index (κ3) is 3.01. The molecular formula is C10H12N4S2. The molecule has 6 heteroatoms. The van der Waals surface area contributed by atoms with Crippen molar-refractivity contribution in [3.63, 3.8) is 0 Å². The lowest BCUT2D eigenvalue weighted by atomic mass is 10.2. The van der Waals surface area contributed by atoms with Crippen LogP contribution in [0.2, 0.25) is 0 Å². The lowest BCUT2D eigenvalue weighted by Crippen LogP contribution is -1.99. The fourth-order valence-electron chi connectivity index (χ4n) is 1.21. The standard InChI is InChI=1S/C10H12N4S2/c1-7-13-10(16-14-7)15-6-8-2-3-12-9(4-8)5-11/h2-4H,5-6,11H2,1H3. The first-order valence-corrected chi connectivity index (χ1v) is 6.61. The first kappa shape index (κ1) is 11.5. The fourth-order valence-corrected chi connectivity index (χ4v) is 2.80. The summed E-state index contributed by atoms with van der Waals surface area (Å²) in [4.78, 5) is 8.46. The largest absolute Gasteiger partial charge is 0.325 e. The van der Waals surface area contributed by atoms with Gasteiger partial charge in [0.25, 0.3) is 0 Å². The summed E-state index contributed by atoms with van der Waals surface area (Å²) < 4.78 is 5.14. The predicted octanol–water partition coefficient (Wildman–Crippen LogP) is 1.99. The Hall–Kier alpha value is -0.980. The summed E-state index contributed by atoms with van der Waals surface area (Å²) in [5, 5.41) is 0. The van der Waals surface area contributed by atoms with Gasteiger partial charge in [-0.3, -0.25) is 4.98 Å². The summed E-state index contributed by atoms with van der Waals surface area (Å²) >= 11 is 3.13. The highest BCUT2D eigenvalue weighted by molar-refractivity contribution is 8.00. The van der Waals surface area contributed by atoms with E-state index >= 15 is 0 Å². The van der Waals surface area contributed by atoms with Crippen molar-refractivity contribution in [1.29, 1.82) is 0 Å². The Morgan fingerprint density at radius 3 is 3.06 bits per heavy atom. The number of rotatable bonds is 4. The number of aromatic nitrogens is 3. The van der Waals surface area contributed by atoms with Crippen LogP contribution in [0.4, 0.5) is 0 Å². The minimum Gasteiger partial charge on any atom is -0.325 e. The van der Waals surface area contributed by atoms with E-state index in [1.54, 1.807) is 18.0 Å². The van der Waals surface area contributed by atoms with Crippen molar-refractivity contribution < 1.29 is 0 Å². The molecule has 0 amide bonds. The second-order valence-electron chi connectivity index (χ2n) is 3.26. The zero-order chi connectivity index (χ0) is 11.4. The molecule has 2 heterocycles. The van der Waals surface area contributed by atoms with Gasteiger partial charge in [-0.25, -0.2) is 4.98 Å². The Balaban J connectivity index is 1.99. The molecule has 0 radical (unpaired) electrons. The van der Waals surface area contributed by atoms with Gasteiger partial charge >= 0.3 is 0 Å². The molecule has 0 aliphatic rings. The van der Waals surface area contributed by atoms with Crippen LogP contribution in [-0.2, 0) is 12.3 Å². The van der Waals surface area contributed by atoms with Crippen molar-refractivity contribution in [2.45, 2.75) is 23.6 Å².